The third kappa shape index (κ3) is 1.92. The summed E-state index contributed by atoms with van der Waals surface area (Å²) in [5.41, 5.74) is 3.34. The molecule has 0 saturated carbocycles. The number of hydrogen-bond donors (Lipinski definition) is 0. The van der Waals surface area contributed by atoms with E-state index in [-0.39, 0.29) is 12.5 Å². The van der Waals surface area contributed by atoms with Crippen molar-refractivity contribution in [2.75, 3.05) is 13.6 Å². The van der Waals surface area contributed by atoms with Gasteiger partial charge in [-0.15, -0.1) is 0 Å². The minimum Gasteiger partial charge on any atom is -0.328 e. The lowest BCUT2D eigenvalue weighted by Crippen LogP contribution is -2.27. The normalized spacial score (nSPS) is 13.0. The van der Waals surface area contributed by atoms with Gasteiger partial charge in [-0.1, -0.05) is 6.07 Å². The average Bonchev–Trinajstić information content (AvgIpc) is 2.75. The Bertz CT molecular complexity index is 459. The Morgan fingerprint density at radius 2 is 2.19 bits per heavy atom. The van der Waals surface area contributed by atoms with Crippen LogP contribution in [0.5, 0.6) is 0 Å². The van der Waals surface area contributed by atoms with E-state index in [1.165, 1.54) is 22.4 Å². The van der Waals surface area contributed by atoms with Crippen LogP contribution in [-0.2, 0) is 12.8 Å². The maximum atomic E-state index is 11.9. The fourth-order valence-electron chi connectivity index (χ4n) is 2.10. The van der Waals surface area contributed by atoms with Crippen LogP contribution in [0.15, 0.2) is 18.2 Å². The molecular weight excluding hydrogens is 200 g/mol. The highest BCUT2D eigenvalue weighted by Crippen LogP contribution is 2.23. The van der Waals surface area contributed by atoms with Crippen LogP contribution >= 0.6 is 0 Å². The van der Waals surface area contributed by atoms with Gasteiger partial charge in [-0.2, -0.15) is 5.26 Å². The van der Waals surface area contributed by atoms with Gasteiger partial charge in [0.15, 0.2) is 0 Å². The summed E-state index contributed by atoms with van der Waals surface area (Å²) in [6.07, 6.45) is 3.37. The summed E-state index contributed by atoms with van der Waals surface area (Å²) in [5.74, 6) is -0.0729. The molecule has 1 aromatic rings. The third-order valence-electron chi connectivity index (χ3n) is 3.00. The fourth-order valence-corrected chi connectivity index (χ4v) is 2.10. The second-order valence-corrected chi connectivity index (χ2v) is 4.16. The van der Waals surface area contributed by atoms with E-state index in [2.05, 4.69) is 0 Å². The molecule has 16 heavy (non-hydrogen) atoms. The van der Waals surface area contributed by atoms with Crippen molar-refractivity contribution in [3.8, 4) is 6.07 Å². The molecule has 0 fully saturated rings. The molecule has 0 saturated heterocycles. The molecule has 0 unspecified atom stereocenters. The molecule has 3 nitrogen and oxygen atoms in total. The maximum Gasteiger partial charge on any atom is 0.254 e. The van der Waals surface area contributed by atoms with Crippen molar-refractivity contribution >= 4 is 5.91 Å². The minimum atomic E-state index is -0.0729. The van der Waals surface area contributed by atoms with Crippen LogP contribution in [0, 0.1) is 11.3 Å². The van der Waals surface area contributed by atoms with Crippen LogP contribution in [0.3, 0.4) is 0 Å². The highest BCUT2D eigenvalue weighted by molar-refractivity contribution is 5.94. The quantitative estimate of drug-likeness (QED) is 0.704. The standard InChI is InChI=1S/C13H14N2O/c1-15(8-7-14)13(16)12-6-5-10-3-2-4-11(10)9-12/h5-6,9H,2-4,8H2,1H3. The number of carbonyl (C=O) groups excluding carboxylic acids is 1. The molecule has 1 amide bonds. The van der Waals surface area contributed by atoms with Crippen molar-refractivity contribution in [3.63, 3.8) is 0 Å². The number of amides is 1. The Balaban J connectivity index is 2.22. The lowest BCUT2D eigenvalue weighted by atomic mass is 10.1. The lowest BCUT2D eigenvalue weighted by Gasteiger charge is -2.13. The van der Waals surface area contributed by atoms with E-state index in [4.69, 9.17) is 5.26 Å². The van der Waals surface area contributed by atoms with E-state index in [9.17, 15) is 4.79 Å². The third-order valence-corrected chi connectivity index (χ3v) is 3.00. The van der Waals surface area contributed by atoms with Gasteiger partial charge in [-0.25, -0.2) is 0 Å². The van der Waals surface area contributed by atoms with Crippen molar-refractivity contribution in [1.29, 1.82) is 5.26 Å². The Morgan fingerprint density at radius 3 is 2.94 bits per heavy atom. The van der Waals surface area contributed by atoms with Gasteiger partial charge in [0.2, 0.25) is 0 Å². The molecule has 1 aliphatic carbocycles. The average molecular weight is 214 g/mol. The molecule has 3 heteroatoms. The monoisotopic (exact) mass is 214 g/mol. The predicted molar refractivity (Wildman–Crippen MR) is 61.0 cm³/mol. The summed E-state index contributed by atoms with van der Waals surface area (Å²) in [6.45, 7) is 0.135. The SMILES string of the molecule is CN(CC#N)C(=O)c1ccc2c(c1)CCC2. The fraction of sp³-hybridized carbons (Fsp3) is 0.385. The molecule has 0 spiro atoms. The Labute approximate surface area is 95.3 Å². The largest absolute Gasteiger partial charge is 0.328 e. The molecule has 2 rings (SSSR count). The molecule has 0 atom stereocenters. The zero-order valence-corrected chi connectivity index (χ0v) is 9.36. The highest BCUT2D eigenvalue weighted by Gasteiger charge is 2.15. The summed E-state index contributed by atoms with van der Waals surface area (Å²) in [5, 5.41) is 8.54. The first-order chi connectivity index (χ1) is 7.72. The van der Waals surface area contributed by atoms with Crippen molar-refractivity contribution in [2.45, 2.75) is 19.3 Å². The molecule has 0 bridgehead atoms. The Hall–Kier alpha value is -1.82. The smallest absolute Gasteiger partial charge is 0.254 e. The second-order valence-electron chi connectivity index (χ2n) is 4.16. The molecular formula is C13H14N2O. The van der Waals surface area contributed by atoms with Crippen LogP contribution in [0.25, 0.3) is 0 Å². The van der Waals surface area contributed by atoms with Gasteiger partial charge in [0.25, 0.3) is 5.91 Å². The van der Waals surface area contributed by atoms with Crippen molar-refractivity contribution in [2.24, 2.45) is 0 Å². The number of aryl methyl sites for hydroxylation is 2. The number of hydrogen-bond acceptors (Lipinski definition) is 2. The van der Waals surface area contributed by atoms with E-state index < -0.39 is 0 Å². The van der Waals surface area contributed by atoms with Crippen LogP contribution in [0.4, 0.5) is 0 Å². The second kappa shape index (κ2) is 4.36. The molecule has 0 heterocycles. The van der Waals surface area contributed by atoms with Gasteiger partial charge in [0.1, 0.15) is 6.54 Å². The van der Waals surface area contributed by atoms with E-state index >= 15 is 0 Å². The van der Waals surface area contributed by atoms with Crippen LogP contribution in [-0.4, -0.2) is 24.4 Å². The zero-order chi connectivity index (χ0) is 11.5. The van der Waals surface area contributed by atoms with E-state index in [0.717, 1.165) is 12.8 Å². The summed E-state index contributed by atoms with van der Waals surface area (Å²) >= 11 is 0. The van der Waals surface area contributed by atoms with E-state index in [0.29, 0.717) is 5.56 Å². The number of rotatable bonds is 2. The molecule has 1 aromatic carbocycles. The van der Waals surface area contributed by atoms with Gasteiger partial charge >= 0.3 is 0 Å². The van der Waals surface area contributed by atoms with Gasteiger partial charge in [0.05, 0.1) is 6.07 Å². The number of carbonyl (C=O) groups is 1. The topological polar surface area (TPSA) is 44.1 Å². The van der Waals surface area contributed by atoms with Crippen molar-refractivity contribution in [3.05, 3.63) is 34.9 Å². The minimum absolute atomic E-state index is 0.0729. The summed E-state index contributed by atoms with van der Waals surface area (Å²) in [7, 11) is 1.65. The number of nitriles is 1. The Morgan fingerprint density at radius 1 is 1.44 bits per heavy atom. The molecule has 0 aromatic heterocycles. The number of fused-ring (bicyclic) bond motifs is 1. The molecule has 1 aliphatic rings. The summed E-state index contributed by atoms with van der Waals surface area (Å²) in [4.78, 5) is 13.4. The van der Waals surface area contributed by atoms with Gasteiger partial charge < -0.3 is 4.90 Å². The number of benzene rings is 1. The van der Waals surface area contributed by atoms with E-state index in [1.807, 2.05) is 24.3 Å². The zero-order valence-electron chi connectivity index (χ0n) is 9.36. The van der Waals surface area contributed by atoms with Crippen molar-refractivity contribution < 1.29 is 4.79 Å². The number of nitrogens with zero attached hydrogens (tertiary/aromatic N) is 2. The van der Waals surface area contributed by atoms with Gasteiger partial charge in [-0.05, 0) is 42.5 Å². The van der Waals surface area contributed by atoms with Gasteiger partial charge in [0, 0.05) is 12.6 Å². The highest BCUT2D eigenvalue weighted by atomic mass is 16.2. The van der Waals surface area contributed by atoms with Gasteiger partial charge in [-0.3, -0.25) is 4.79 Å². The first-order valence-electron chi connectivity index (χ1n) is 5.46. The predicted octanol–water partition coefficient (Wildman–Crippen LogP) is 1.77. The summed E-state index contributed by atoms with van der Waals surface area (Å²) < 4.78 is 0. The molecule has 0 N–H and O–H groups in total. The van der Waals surface area contributed by atoms with Crippen molar-refractivity contribution in [1.82, 2.24) is 4.90 Å². The Kier molecular flexibility index (Phi) is 2.91. The first-order valence-corrected chi connectivity index (χ1v) is 5.46. The molecule has 82 valence electrons. The molecule has 0 aliphatic heterocycles. The van der Waals surface area contributed by atoms with Crippen LogP contribution in [0.1, 0.15) is 27.9 Å². The summed E-state index contributed by atoms with van der Waals surface area (Å²) in [6, 6.07) is 7.85. The van der Waals surface area contributed by atoms with Crippen LogP contribution < -0.4 is 0 Å². The lowest BCUT2D eigenvalue weighted by molar-refractivity contribution is 0.0812. The maximum absolute atomic E-state index is 11.9. The molecule has 0 radical (unpaired) electrons. The van der Waals surface area contributed by atoms with E-state index in [1.54, 1.807) is 7.05 Å². The first kappa shape index (κ1) is 10.7. The van der Waals surface area contributed by atoms with Crippen LogP contribution in [0.2, 0.25) is 0 Å².